The number of aromatic nitrogens is 1. The first-order valence-corrected chi connectivity index (χ1v) is 8.40. The molecule has 1 aliphatic heterocycles. The molecule has 132 valence electrons. The standard InChI is InChI=1S/C21H20NO4/c1-11-6-7-16-20(21-14(11)8-12(2)26-21)15-9-18(24-4)19(25-5)10-17(15)22(16)13(3)23/h6-10H,1-5H3/q+1. The number of rotatable bonds is 2. The Morgan fingerprint density at radius 2 is 1.69 bits per heavy atom. The van der Waals surface area contributed by atoms with Crippen molar-refractivity contribution in [2.24, 2.45) is 0 Å². The lowest BCUT2D eigenvalue weighted by Crippen LogP contribution is -2.40. The molecule has 0 saturated heterocycles. The highest BCUT2D eigenvalue weighted by atomic mass is 16.5. The largest absolute Gasteiger partial charge is 0.493 e. The number of fused-ring (bicyclic) bond motifs is 5. The molecule has 2 aliphatic rings. The molecule has 26 heavy (non-hydrogen) atoms. The van der Waals surface area contributed by atoms with Crippen molar-refractivity contribution in [3.8, 4) is 22.8 Å². The molecule has 0 N–H and O–H groups in total. The Bertz CT molecular complexity index is 1160. The predicted molar refractivity (Wildman–Crippen MR) is 99.4 cm³/mol. The van der Waals surface area contributed by atoms with E-state index in [2.05, 4.69) is 0 Å². The molecule has 0 bridgehead atoms. The number of ether oxygens (including phenoxy) is 2. The average Bonchev–Trinajstić information content (AvgIpc) is 3.11. The van der Waals surface area contributed by atoms with Gasteiger partial charge in [-0.2, -0.15) is 0 Å². The van der Waals surface area contributed by atoms with Gasteiger partial charge in [-0.3, -0.25) is 0 Å². The summed E-state index contributed by atoms with van der Waals surface area (Å²) in [5.41, 5.74) is 4.33. The molecular formula is C21H20NO4+. The van der Waals surface area contributed by atoms with Crippen LogP contribution >= 0.6 is 0 Å². The zero-order valence-corrected chi connectivity index (χ0v) is 15.5. The maximum Gasteiger partial charge on any atom is 0.390 e. The van der Waals surface area contributed by atoms with E-state index in [9.17, 15) is 4.79 Å². The number of hydrogen-bond donors (Lipinski definition) is 0. The molecule has 1 aliphatic carbocycles. The van der Waals surface area contributed by atoms with Gasteiger partial charge in [-0.25, -0.2) is 4.79 Å². The second-order valence-electron chi connectivity index (χ2n) is 6.46. The van der Waals surface area contributed by atoms with Gasteiger partial charge < -0.3 is 13.9 Å². The third-order valence-electron chi connectivity index (χ3n) is 4.82. The van der Waals surface area contributed by atoms with Crippen LogP contribution in [0, 0.1) is 13.8 Å². The predicted octanol–water partition coefficient (Wildman–Crippen LogP) is 4.27. The Hall–Kier alpha value is -3.08. The lowest BCUT2D eigenvalue weighted by Gasteiger charge is -2.05. The van der Waals surface area contributed by atoms with Crippen molar-refractivity contribution in [3.05, 3.63) is 41.7 Å². The molecule has 1 aromatic heterocycles. The molecule has 0 atom stereocenters. The summed E-state index contributed by atoms with van der Waals surface area (Å²) in [6.45, 7) is 5.53. The van der Waals surface area contributed by atoms with Crippen LogP contribution in [0.2, 0.25) is 0 Å². The van der Waals surface area contributed by atoms with Crippen LogP contribution in [0.15, 0.2) is 34.7 Å². The number of furan rings is 1. The van der Waals surface area contributed by atoms with E-state index in [0.717, 1.165) is 44.5 Å². The highest BCUT2D eigenvalue weighted by Crippen LogP contribution is 2.41. The van der Waals surface area contributed by atoms with Crippen LogP contribution in [0.4, 0.5) is 0 Å². The fourth-order valence-corrected chi connectivity index (χ4v) is 3.66. The Kier molecular flexibility index (Phi) is 3.61. The molecule has 2 heterocycles. The number of nitrogens with zero attached hydrogens (tertiary/aromatic N) is 1. The third-order valence-corrected chi connectivity index (χ3v) is 4.82. The van der Waals surface area contributed by atoms with Gasteiger partial charge in [0.15, 0.2) is 11.5 Å². The quantitative estimate of drug-likeness (QED) is 0.507. The van der Waals surface area contributed by atoms with Crippen molar-refractivity contribution in [1.29, 1.82) is 0 Å². The van der Waals surface area contributed by atoms with Crippen LogP contribution in [-0.4, -0.2) is 20.1 Å². The number of benzene rings is 1. The molecule has 0 amide bonds. The Balaban J connectivity index is 2.31. The first-order chi connectivity index (χ1) is 12.5. The number of carbonyl (C=O) groups excluding carboxylic acids is 1. The Morgan fingerprint density at radius 3 is 2.35 bits per heavy atom. The number of carbonyl (C=O) groups is 1. The maximum absolute atomic E-state index is 12.5. The molecule has 5 nitrogen and oxygen atoms in total. The molecular weight excluding hydrogens is 330 g/mol. The summed E-state index contributed by atoms with van der Waals surface area (Å²) in [6.07, 6.45) is 0. The summed E-state index contributed by atoms with van der Waals surface area (Å²) in [5, 5.41) is 1.93. The van der Waals surface area contributed by atoms with Gasteiger partial charge in [0.2, 0.25) is 11.2 Å². The van der Waals surface area contributed by atoms with Gasteiger partial charge >= 0.3 is 5.91 Å². The molecule has 0 radical (unpaired) electrons. The zero-order valence-electron chi connectivity index (χ0n) is 15.5. The van der Waals surface area contributed by atoms with Crippen molar-refractivity contribution < 1.29 is 23.3 Å². The van der Waals surface area contributed by atoms with E-state index in [0.29, 0.717) is 11.5 Å². The summed E-state index contributed by atoms with van der Waals surface area (Å²) >= 11 is 0. The monoisotopic (exact) mass is 350 g/mol. The van der Waals surface area contributed by atoms with Crippen molar-refractivity contribution in [3.63, 3.8) is 0 Å². The van der Waals surface area contributed by atoms with Gasteiger partial charge in [0, 0.05) is 11.5 Å². The number of hydrogen-bond acceptors (Lipinski definition) is 4. The summed E-state index contributed by atoms with van der Waals surface area (Å²) in [7, 11) is 3.19. The average molecular weight is 350 g/mol. The van der Waals surface area contributed by atoms with Gasteiger partial charge in [-0.1, -0.05) is 6.07 Å². The van der Waals surface area contributed by atoms with Gasteiger partial charge in [0.1, 0.15) is 16.9 Å². The molecule has 5 heteroatoms. The first-order valence-electron chi connectivity index (χ1n) is 8.40. The summed E-state index contributed by atoms with van der Waals surface area (Å²) in [6, 6.07) is 9.76. The van der Waals surface area contributed by atoms with Crippen molar-refractivity contribution >= 4 is 27.8 Å². The van der Waals surface area contributed by atoms with Gasteiger partial charge in [-0.05, 0) is 31.5 Å². The van der Waals surface area contributed by atoms with E-state index in [1.165, 1.54) is 0 Å². The molecule has 1 aromatic carbocycles. The molecule has 2 aromatic rings. The van der Waals surface area contributed by atoms with E-state index in [-0.39, 0.29) is 5.91 Å². The minimum atomic E-state index is -0.0718. The van der Waals surface area contributed by atoms with Gasteiger partial charge in [0.25, 0.3) is 0 Å². The van der Waals surface area contributed by atoms with Crippen LogP contribution in [-0.2, 0) is 0 Å². The Labute approximate surface area is 151 Å². The normalized spacial score (nSPS) is 11.4. The van der Waals surface area contributed by atoms with E-state index in [1.807, 2.05) is 44.2 Å². The molecule has 0 unspecified atom stereocenters. The minimum Gasteiger partial charge on any atom is -0.493 e. The van der Waals surface area contributed by atoms with Crippen molar-refractivity contribution in [1.82, 2.24) is 0 Å². The Morgan fingerprint density at radius 1 is 1.00 bits per heavy atom. The highest BCUT2D eigenvalue weighted by Gasteiger charge is 2.33. The van der Waals surface area contributed by atoms with Crippen molar-refractivity contribution in [2.45, 2.75) is 20.8 Å². The first kappa shape index (κ1) is 16.4. The smallest absolute Gasteiger partial charge is 0.390 e. The van der Waals surface area contributed by atoms with Crippen LogP contribution in [0.25, 0.3) is 33.1 Å². The van der Waals surface area contributed by atoms with Gasteiger partial charge in [-0.15, -0.1) is 4.57 Å². The van der Waals surface area contributed by atoms with Gasteiger partial charge in [0.05, 0.1) is 32.6 Å². The molecule has 0 fully saturated rings. The van der Waals surface area contributed by atoms with Crippen LogP contribution in [0.1, 0.15) is 23.0 Å². The SMILES string of the molecule is COc1cc2c3c4oc(C)cc4c(C)ccc-3[n+](C(C)=O)c2cc1OC. The maximum atomic E-state index is 12.5. The van der Waals surface area contributed by atoms with E-state index in [1.54, 1.807) is 25.7 Å². The molecule has 4 rings (SSSR count). The lowest BCUT2D eigenvalue weighted by molar-refractivity contribution is -0.530. The summed E-state index contributed by atoms with van der Waals surface area (Å²) in [5.74, 6) is 1.96. The number of methoxy groups -OCH3 is 2. The second kappa shape index (κ2) is 5.73. The van der Waals surface area contributed by atoms with Crippen molar-refractivity contribution in [2.75, 3.05) is 14.2 Å². The topological polar surface area (TPSA) is 52.5 Å². The highest BCUT2D eigenvalue weighted by molar-refractivity contribution is 6.08. The minimum absolute atomic E-state index is 0.0718. The third kappa shape index (κ3) is 2.17. The van der Waals surface area contributed by atoms with E-state index in [4.69, 9.17) is 13.9 Å². The summed E-state index contributed by atoms with van der Waals surface area (Å²) < 4.78 is 18.7. The number of aryl methyl sites for hydroxylation is 2. The fourth-order valence-electron chi connectivity index (χ4n) is 3.66. The van der Waals surface area contributed by atoms with E-state index < -0.39 is 0 Å². The molecule has 0 spiro atoms. The summed E-state index contributed by atoms with van der Waals surface area (Å²) in [4.78, 5) is 12.5. The lowest BCUT2D eigenvalue weighted by atomic mass is 10.1. The second-order valence-corrected chi connectivity index (χ2v) is 6.46. The zero-order chi connectivity index (χ0) is 18.6. The molecule has 0 saturated carbocycles. The fraction of sp³-hybridized carbons (Fsp3) is 0.238. The van der Waals surface area contributed by atoms with Crippen LogP contribution < -0.4 is 14.0 Å². The van der Waals surface area contributed by atoms with E-state index >= 15 is 0 Å². The van der Waals surface area contributed by atoms with Crippen LogP contribution in [0.5, 0.6) is 11.5 Å². The van der Waals surface area contributed by atoms with Crippen LogP contribution in [0.3, 0.4) is 0 Å².